The molecular weight excluding hydrogens is 419 g/mol. The molecule has 0 spiro atoms. The van der Waals surface area contributed by atoms with Gasteiger partial charge < -0.3 is 15.5 Å². The van der Waals surface area contributed by atoms with E-state index in [9.17, 15) is 22.8 Å². The highest BCUT2D eigenvalue weighted by Crippen LogP contribution is 2.43. The van der Waals surface area contributed by atoms with Crippen LogP contribution in [0.15, 0.2) is 42.5 Å². The average Bonchev–Trinajstić information content (AvgIpc) is 3.25. The molecule has 3 atom stereocenters. The second-order valence-electron chi connectivity index (χ2n) is 9.08. The molecular formula is C24H26F3N3O2. The Morgan fingerprint density at radius 2 is 1.81 bits per heavy atom. The van der Waals surface area contributed by atoms with Crippen LogP contribution >= 0.6 is 0 Å². The summed E-state index contributed by atoms with van der Waals surface area (Å²) in [5.41, 5.74) is 6.42. The van der Waals surface area contributed by atoms with Crippen molar-refractivity contribution >= 4 is 11.8 Å². The molecule has 2 aromatic rings. The van der Waals surface area contributed by atoms with E-state index in [1.54, 1.807) is 21.9 Å². The van der Waals surface area contributed by atoms with Gasteiger partial charge in [0.2, 0.25) is 5.91 Å². The van der Waals surface area contributed by atoms with Gasteiger partial charge in [-0.25, -0.2) is 13.2 Å². The van der Waals surface area contributed by atoms with E-state index in [0.717, 1.165) is 12.5 Å². The number of halogens is 3. The Labute approximate surface area is 185 Å². The number of nitrogens with zero attached hydrogens (tertiary/aromatic N) is 2. The lowest BCUT2D eigenvalue weighted by atomic mass is 9.85. The standard InChI is InChI=1S/C24H26F3N3O2/c1-24-7-8-30(21(24)13-29(14-24)23(32)15-5-3-2-4-6-15)22(31)11-17(28)9-16-10-19(26)20(27)12-18(16)25/h2-6,10,12,17,21H,7-9,11,13-14,28H2,1H3/t17-,21-,24+/m1/s1. The van der Waals surface area contributed by atoms with E-state index in [0.29, 0.717) is 31.3 Å². The molecule has 2 heterocycles. The van der Waals surface area contributed by atoms with Crippen LogP contribution in [0.4, 0.5) is 13.2 Å². The van der Waals surface area contributed by atoms with E-state index in [1.165, 1.54) is 0 Å². The zero-order valence-corrected chi connectivity index (χ0v) is 17.9. The summed E-state index contributed by atoms with van der Waals surface area (Å²) in [7, 11) is 0. The lowest BCUT2D eigenvalue weighted by molar-refractivity contribution is -0.132. The quantitative estimate of drug-likeness (QED) is 0.720. The van der Waals surface area contributed by atoms with Gasteiger partial charge in [-0.05, 0) is 36.6 Å². The van der Waals surface area contributed by atoms with Crippen LogP contribution in [0.5, 0.6) is 0 Å². The summed E-state index contributed by atoms with van der Waals surface area (Å²) < 4.78 is 40.5. The van der Waals surface area contributed by atoms with Crippen LogP contribution in [0.1, 0.15) is 35.7 Å². The number of benzene rings is 2. The molecule has 170 valence electrons. The Balaban J connectivity index is 1.40. The topological polar surface area (TPSA) is 66.6 Å². The number of hydrogen-bond donors (Lipinski definition) is 1. The molecule has 4 rings (SSSR count). The van der Waals surface area contributed by atoms with E-state index in [2.05, 4.69) is 6.92 Å². The summed E-state index contributed by atoms with van der Waals surface area (Å²) in [6.07, 6.45) is 0.649. The summed E-state index contributed by atoms with van der Waals surface area (Å²) in [5.74, 6) is -3.53. The highest BCUT2D eigenvalue weighted by Gasteiger charge is 2.52. The Hall–Kier alpha value is -2.87. The number of fused-ring (bicyclic) bond motifs is 1. The molecule has 2 fully saturated rings. The third kappa shape index (κ3) is 4.24. The van der Waals surface area contributed by atoms with E-state index in [4.69, 9.17) is 5.73 Å². The fourth-order valence-electron chi connectivity index (χ4n) is 4.92. The van der Waals surface area contributed by atoms with Gasteiger partial charge in [0.15, 0.2) is 11.6 Å². The van der Waals surface area contributed by atoms with Gasteiger partial charge in [-0.15, -0.1) is 0 Å². The highest BCUT2D eigenvalue weighted by molar-refractivity contribution is 5.94. The molecule has 0 aliphatic carbocycles. The maximum atomic E-state index is 13.9. The fourth-order valence-corrected chi connectivity index (χ4v) is 4.92. The maximum absolute atomic E-state index is 13.9. The van der Waals surface area contributed by atoms with Crippen LogP contribution in [-0.4, -0.2) is 53.3 Å². The molecule has 8 heteroatoms. The number of carbonyl (C=O) groups excluding carboxylic acids is 2. The lowest BCUT2D eigenvalue weighted by Gasteiger charge is -2.28. The first-order valence-electron chi connectivity index (χ1n) is 10.7. The van der Waals surface area contributed by atoms with E-state index in [-0.39, 0.29) is 41.7 Å². The predicted octanol–water partition coefficient (Wildman–Crippen LogP) is 3.13. The monoisotopic (exact) mass is 445 g/mol. The molecule has 32 heavy (non-hydrogen) atoms. The molecule has 0 saturated carbocycles. The third-order valence-corrected chi connectivity index (χ3v) is 6.69. The first kappa shape index (κ1) is 22.3. The van der Waals surface area contributed by atoms with Gasteiger partial charge in [0.05, 0.1) is 6.04 Å². The fraction of sp³-hybridized carbons (Fsp3) is 0.417. The lowest BCUT2D eigenvalue weighted by Crippen LogP contribution is -2.44. The summed E-state index contributed by atoms with van der Waals surface area (Å²) in [5, 5.41) is 0. The number of hydrogen-bond acceptors (Lipinski definition) is 3. The summed E-state index contributed by atoms with van der Waals surface area (Å²) >= 11 is 0. The Bertz CT molecular complexity index is 1030. The molecule has 2 amide bonds. The van der Waals surface area contributed by atoms with Gasteiger partial charge in [-0.1, -0.05) is 25.1 Å². The number of likely N-dealkylation sites (tertiary alicyclic amines) is 2. The minimum atomic E-state index is -1.26. The van der Waals surface area contributed by atoms with Crippen molar-refractivity contribution in [2.75, 3.05) is 19.6 Å². The molecule has 2 aliphatic heterocycles. The minimum Gasteiger partial charge on any atom is -0.337 e. The number of amides is 2. The van der Waals surface area contributed by atoms with Gasteiger partial charge in [-0.2, -0.15) is 0 Å². The first-order valence-corrected chi connectivity index (χ1v) is 10.7. The second-order valence-corrected chi connectivity index (χ2v) is 9.08. The van der Waals surface area contributed by atoms with E-state index < -0.39 is 23.5 Å². The zero-order chi connectivity index (χ0) is 23.0. The van der Waals surface area contributed by atoms with Crippen LogP contribution in [0.3, 0.4) is 0 Å². The molecule has 2 N–H and O–H groups in total. The smallest absolute Gasteiger partial charge is 0.253 e. The number of nitrogens with two attached hydrogens (primary N) is 1. The van der Waals surface area contributed by atoms with Crippen LogP contribution in [0, 0.1) is 22.9 Å². The first-order chi connectivity index (χ1) is 15.2. The van der Waals surface area contributed by atoms with Gasteiger partial charge in [-0.3, -0.25) is 9.59 Å². The summed E-state index contributed by atoms with van der Waals surface area (Å²) in [6, 6.07) is 9.46. The van der Waals surface area contributed by atoms with Crippen molar-refractivity contribution in [2.24, 2.45) is 11.1 Å². The zero-order valence-electron chi connectivity index (χ0n) is 17.9. The van der Waals surface area contributed by atoms with Crippen LogP contribution in [0.2, 0.25) is 0 Å². The largest absolute Gasteiger partial charge is 0.337 e. The van der Waals surface area contributed by atoms with Gasteiger partial charge in [0.1, 0.15) is 5.82 Å². The average molecular weight is 445 g/mol. The number of rotatable bonds is 5. The van der Waals surface area contributed by atoms with Gasteiger partial charge in [0.25, 0.3) is 5.91 Å². The SMILES string of the molecule is C[C@@]12CCN(C(=O)C[C@H](N)Cc3cc(F)c(F)cc3F)[C@@H]1CN(C(=O)c1ccccc1)C2. The molecule has 2 saturated heterocycles. The normalized spacial score (nSPS) is 23.3. The van der Waals surface area contributed by atoms with E-state index >= 15 is 0 Å². The Morgan fingerprint density at radius 1 is 1.12 bits per heavy atom. The molecule has 0 aromatic heterocycles. The molecule has 0 unspecified atom stereocenters. The molecule has 5 nitrogen and oxygen atoms in total. The van der Waals surface area contributed by atoms with Crippen molar-refractivity contribution in [2.45, 2.75) is 38.3 Å². The number of carbonyl (C=O) groups is 2. The van der Waals surface area contributed by atoms with Crippen molar-refractivity contribution in [3.63, 3.8) is 0 Å². The van der Waals surface area contributed by atoms with Crippen molar-refractivity contribution in [1.82, 2.24) is 9.80 Å². The third-order valence-electron chi connectivity index (χ3n) is 6.69. The second kappa shape index (κ2) is 8.58. The van der Waals surface area contributed by atoms with Crippen molar-refractivity contribution in [1.29, 1.82) is 0 Å². The van der Waals surface area contributed by atoms with Gasteiger partial charge in [0, 0.05) is 49.1 Å². The summed E-state index contributed by atoms with van der Waals surface area (Å²) in [6.45, 7) is 3.67. The predicted molar refractivity (Wildman–Crippen MR) is 113 cm³/mol. The molecule has 0 bridgehead atoms. The Kier molecular flexibility index (Phi) is 5.99. The van der Waals surface area contributed by atoms with Crippen LogP contribution < -0.4 is 5.73 Å². The Morgan fingerprint density at radius 3 is 2.53 bits per heavy atom. The maximum Gasteiger partial charge on any atom is 0.253 e. The summed E-state index contributed by atoms with van der Waals surface area (Å²) in [4.78, 5) is 29.4. The van der Waals surface area contributed by atoms with Gasteiger partial charge >= 0.3 is 0 Å². The van der Waals surface area contributed by atoms with Crippen molar-refractivity contribution in [3.05, 3.63) is 71.0 Å². The molecule has 2 aromatic carbocycles. The van der Waals surface area contributed by atoms with Crippen LogP contribution in [-0.2, 0) is 11.2 Å². The van der Waals surface area contributed by atoms with Crippen molar-refractivity contribution in [3.8, 4) is 0 Å². The molecule has 2 aliphatic rings. The highest BCUT2D eigenvalue weighted by atomic mass is 19.2. The molecule has 0 radical (unpaired) electrons. The van der Waals surface area contributed by atoms with E-state index in [1.807, 2.05) is 18.2 Å². The minimum absolute atomic E-state index is 0.0440. The van der Waals surface area contributed by atoms with Crippen molar-refractivity contribution < 1.29 is 22.8 Å². The van der Waals surface area contributed by atoms with Crippen LogP contribution in [0.25, 0.3) is 0 Å².